The Kier molecular flexibility index (Phi) is 3.40. The molecule has 1 unspecified atom stereocenters. The van der Waals surface area contributed by atoms with Crippen LogP contribution in [0.1, 0.15) is 5.56 Å². The summed E-state index contributed by atoms with van der Waals surface area (Å²) in [6.45, 7) is 0. The van der Waals surface area contributed by atoms with Gasteiger partial charge in [-0.3, -0.25) is 4.79 Å². The highest BCUT2D eigenvalue weighted by Crippen LogP contribution is 2.38. The lowest BCUT2D eigenvalue weighted by Crippen LogP contribution is -2.34. The Morgan fingerprint density at radius 3 is 2.80 bits per heavy atom. The largest absolute Gasteiger partial charge is 0.508 e. The SMILES string of the molecule is CN(C(=O)C1Cc2ccccc2S1)c1cccc(O)c1. The normalized spacial score (nSPS) is 16.8. The van der Waals surface area contributed by atoms with Gasteiger partial charge in [0.2, 0.25) is 5.91 Å². The van der Waals surface area contributed by atoms with E-state index in [1.165, 1.54) is 10.5 Å². The molecule has 1 aliphatic rings. The van der Waals surface area contributed by atoms with Gasteiger partial charge in [-0.2, -0.15) is 0 Å². The third kappa shape index (κ3) is 2.39. The second-order valence-corrected chi connectivity index (χ2v) is 6.08. The number of phenolic OH excluding ortho intramolecular Hbond substituents is 1. The number of phenols is 1. The van der Waals surface area contributed by atoms with Crippen molar-refractivity contribution in [1.29, 1.82) is 0 Å². The lowest BCUT2D eigenvalue weighted by atomic mass is 10.1. The summed E-state index contributed by atoms with van der Waals surface area (Å²) in [5, 5.41) is 9.42. The molecule has 0 radical (unpaired) electrons. The summed E-state index contributed by atoms with van der Waals surface area (Å²) in [6, 6.07) is 14.9. The van der Waals surface area contributed by atoms with E-state index in [9.17, 15) is 9.90 Å². The fraction of sp³-hybridized carbons (Fsp3) is 0.188. The van der Waals surface area contributed by atoms with E-state index in [1.54, 1.807) is 41.9 Å². The zero-order chi connectivity index (χ0) is 14.1. The van der Waals surface area contributed by atoms with Gasteiger partial charge in [0.05, 0.1) is 5.25 Å². The van der Waals surface area contributed by atoms with E-state index in [1.807, 2.05) is 18.2 Å². The van der Waals surface area contributed by atoms with Crippen molar-refractivity contribution >= 4 is 23.4 Å². The number of benzene rings is 2. The highest BCUT2D eigenvalue weighted by molar-refractivity contribution is 8.01. The number of rotatable bonds is 2. The van der Waals surface area contributed by atoms with Gasteiger partial charge in [-0.05, 0) is 30.2 Å². The molecule has 1 atom stereocenters. The summed E-state index contributed by atoms with van der Waals surface area (Å²) in [7, 11) is 1.75. The average molecular weight is 285 g/mol. The molecular weight excluding hydrogens is 270 g/mol. The number of hydrogen-bond donors (Lipinski definition) is 1. The number of carbonyl (C=O) groups excluding carboxylic acids is 1. The van der Waals surface area contributed by atoms with Crippen molar-refractivity contribution in [2.75, 3.05) is 11.9 Å². The molecule has 0 fully saturated rings. The van der Waals surface area contributed by atoms with Crippen LogP contribution in [0.25, 0.3) is 0 Å². The molecule has 2 aromatic rings. The van der Waals surface area contributed by atoms with E-state index in [2.05, 4.69) is 12.1 Å². The molecule has 0 saturated carbocycles. The number of anilines is 1. The Balaban J connectivity index is 1.78. The van der Waals surface area contributed by atoms with Gasteiger partial charge in [-0.15, -0.1) is 11.8 Å². The fourth-order valence-corrected chi connectivity index (χ4v) is 3.65. The van der Waals surface area contributed by atoms with Crippen LogP contribution in [0.2, 0.25) is 0 Å². The van der Waals surface area contributed by atoms with Gasteiger partial charge >= 0.3 is 0 Å². The maximum Gasteiger partial charge on any atom is 0.240 e. The third-order valence-corrected chi connectivity index (χ3v) is 4.78. The molecule has 102 valence electrons. The Hall–Kier alpha value is -1.94. The first kappa shape index (κ1) is 13.1. The molecule has 3 rings (SSSR count). The zero-order valence-corrected chi connectivity index (χ0v) is 11.9. The number of fused-ring (bicyclic) bond motifs is 1. The highest BCUT2D eigenvalue weighted by atomic mass is 32.2. The fourth-order valence-electron chi connectivity index (χ4n) is 2.36. The predicted molar refractivity (Wildman–Crippen MR) is 81.3 cm³/mol. The van der Waals surface area contributed by atoms with Crippen LogP contribution in [0.4, 0.5) is 5.69 Å². The Labute approximate surface area is 122 Å². The van der Waals surface area contributed by atoms with Crippen LogP contribution in [0.3, 0.4) is 0 Å². The molecule has 20 heavy (non-hydrogen) atoms. The summed E-state index contributed by atoms with van der Waals surface area (Å²) in [6.07, 6.45) is 0.767. The van der Waals surface area contributed by atoms with Gasteiger partial charge in [-0.1, -0.05) is 24.3 Å². The molecule has 0 bridgehead atoms. The van der Waals surface area contributed by atoms with Gasteiger partial charge in [0.15, 0.2) is 0 Å². The standard InChI is InChI=1S/C16H15NO2S/c1-17(12-6-4-7-13(18)10-12)16(19)15-9-11-5-2-3-8-14(11)20-15/h2-8,10,15,18H,9H2,1H3. The van der Waals surface area contributed by atoms with E-state index in [4.69, 9.17) is 0 Å². The minimum Gasteiger partial charge on any atom is -0.508 e. The van der Waals surface area contributed by atoms with Crippen molar-refractivity contribution in [1.82, 2.24) is 0 Å². The minimum atomic E-state index is -0.0836. The van der Waals surface area contributed by atoms with Crippen LogP contribution in [0.15, 0.2) is 53.4 Å². The van der Waals surface area contributed by atoms with Crippen molar-refractivity contribution < 1.29 is 9.90 Å². The second-order valence-electron chi connectivity index (χ2n) is 4.84. The van der Waals surface area contributed by atoms with Gasteiger partial charge in [0, 0.05) is 23.7 Å². The number of carbonyl (C=O) groups is 1. The van der Waals surface area contributed by atoms with E-state index < -0.39 is 0 Å². The quantitative estimate of drug-likeness (QED) is 0.922. The number of aromatic hydroxyl groups is 1. The number of amides is 1. The van der Waals surface area contributed by atoms with Crippen molar-refractivity contribution in [2.45, 2.75) is 16.6 Å². The Morgan fingerprint density at radius 1 is 1.25 bits per heavy atom. The van der Waals surface area contributed by atoms with Crippen molar-refractivity contribution in [3.05, 3.63) is 54.1 Å². The maximum absolute atomic E-state index is 12.5. The summed E-state index contributed by atoms with van der Waals surface area (Å²) in [4.78, 5) is 15.4. The van der Waals surface area contributed by atoms with Crippen LogP contribution in [-0.4, -0.2) is 23.3 Å². The summed E-state index contributed by atoms with van der Waals surface area (Å²) < 4.78 is 0. The summed E-state index contributed by atoms with van der Waals surface area (Å²) >= 11 is 1.62. The molecule has 1 amide bonds. The summed E-state index contributed by atoms with van der Waals surface area (Å²) in [5.41, 5.74) is 1.95. The molecular formula is C16H15NO2S. The van der Waals surface area contributed by atoms with Crippen molar-refractivity contribution in [2.24, 2.45) is 0 Å². The smallest absolute Gasteiger partial charge is 0.240 e. The Morgan fingerprint density at radius 2 is 2.05 bits per heavy atom. The van der Waals surface area contributed by atoms with Crippen molar-refractivity contribution in [3.63, 3.8) is 0 Å². The highest BCUT2D eigenvalue weighted by Gasteiger charge is 2.30. The van der Waals surface area contributed by atoms with Crippen molar-refractivity contribution in [3.8, 4) is 5.75 Å². The van der Waals surface area contributed by atoms with Crippen LogP contribution in [0, 0.1) is 0 Å². The van der Waals surface area contributed by atoms with Crippen LogP contribution in [-0.2, 0) is 11.2 Å². The first-order chi connectivity index (χ1) is 9.65. The molecule has 1 N–H and O–H groups in total. The van der Waals surface area contributed by atoms with Gasteiger partial charge < -0.3 is 10.0 Å². The molecule has 0 aromatic heterocycles. The number of nitrogens with zero attached hydrogens (tertiary/aromatic N) is 1. The first-order valence-electron chi connectivity index (χ1n) is 6.46. The molecule has 0 aliphatic carbocycles. The molecule has 2 aromatic carbocycles. The molecule has 3 nitrogen and oxygen atoms in total. The lowest BCUT2D eigenvalue weighted by molar-refractivity contribution is -0.117. The topological polar surface area (TPSA) is 40.5 Å². The van der Waals surface area contributed by atoms with E-state index in [0.29, 0.717) is 5.69 Å². The molecule has 0 saturated heterocycles. The van der Waals surface area contributed by atoms with Crippen LogP contribution in [0.5, 0.6) is 5.75 Å². The maximum atomic E-state index is 12.5. The Bertz CT molecular complexity index is 631. The second kappa shape index (κ2) is 5.21. The monoisotopic (exact) mass is 285 g/mol. The molecule has 0 spiro atoms. The van der Waals surface area contributed by atoms with Gasteiger partial charge in [0.1, 0.15) is 5.75 Å². The van der Waals surface area contributed by atoms with E-state index in [0.717, 1.165) is 6.42 Å². The molecule has 1 heterocycles. The first-order valence-corrected chi connectivity index (χ1v) is 7.34. The van der Waals surface area contributed by atoms with Gasteiger partial charge in [0.25, 0.3) is 0 Å². The number of hydrogen-bond acceptors (Lipinski definition) is 3. The van der Waals surface area contributed by atoms with Gasteiger partial charge in [-0.25, -0.2) is 0 Å². The molecule has 1 aliphatic heterocycles. The zero-order valence-electron chi connectivity index (χ0n) is 11.1. The third-order valence-electron chi connectivity index (χ3n) is 3.47. The average Bonchev–Trinajstić information content (AvgIpc) is 2.89. The minimum absolute atomic E-state index is 0.0665. The van der Waals surface area contributed by atoms with E-state index >= 15 is 0 Å². The summed E-state index contributed by atoms with van der Waals surface area (Å²) in [5.74, 6) is 0.237. The van der Waals surface area contributed by atoms with E-state index in [-0.39, 0.29) is 16.9 Å². The lowest BCUT2D eigenvalue weighted by Gasteiger charge is -2.20. The van der Waals surface area contributed by atoms with Crippen LogP contribution < -0.4 is 4.90 Å². The predicted octanol–water partition coefficient (Wildman–Crippen LogP) is 3.07. The van der Waals surface area contributed by atoms with Crippen LogP contribution >= 0.6 is 11.8 Å². The molecule has 4 heteroatoms. The number of thioether (sulfide) groups is 1.